The zero-order valence-corrected chi connectivity index (χ0v) is 14.1. The fraction of sp³-hybridized carbons (Fsp3) is 0.100. The van der Waals surface area contributed by atoms with Gasteiger partial charge in [0.15, 0.2) is 0 Å². The van der Waals surface area contributed by atoms with E-state index in [1.54, 1.807) is 0 Å². The largest absolute Gasteiger partial charge is 0.366 e. The van der Waals surface area contributed by atoms with Crippen molar-refractivity contribution in [2.45, 2.75) is 13.5 Å². The molecule has 0 aliphatic rings. The van der Waals surface area contributed by atoms with Crippen LogP contribution < -0.4 is 10.6 Å². The Bertz CT molecular complexity index is 924. The topological polar surface area (TPSA) is 54.0 Å². The number of carbonyl (C=O) groups excluding carboxylic acids is 1. The molecule has 0 aliphatic carbocycles. The number of nitrogens with zero attached hydrogens (tertiary/aromatic N) is 1. The number of para-hydroxylation sites is 1. The van der Waals surface area contributed by atoms with Crippen molar-refractivity contribution in [3.05, 3.63) is 89.1 Å². The predicted octanol–water partition coefficient (Wildman–Crippen LogP) is 4.53. The van der Waals surface area contributed by atoms with E-state index in [1.807, 2.05) is 31.2 Å². The van der Waals surface area contributed by atoms with Gasteiger partial charge in [-0.3, -0.25) is 4.79 Å². The first kappa shape index (κ1) is 17.5. The van der Waals surface area contributed by atoms with Gasteiger partial charge in [0.25, 0.3) is 5.91 Å². The second-order valence-corrected chi connectivity index (χ2v) is 5.76. The first-order valence-electron chi connectivity index (χ1n) is 8.04. The molecule has 4 nitrogen and oxygen atoms in total. The number of nitrogens with one attached hydrogen (secondary N) is 2. The summed E-state index contributed by atoms with van der Waals surface area (Å²) in [5, 5.41) is 5.40. The zero-order valence-electron chi connectivity index (χ0n) is 14.1. The summed E-state index contributed by atoms with van der Waals surface area (Å²) in [6.07, 6.45) is 1.47. The average molecular weight is 353 g/mol. The number of aromatic nitrogens is 1. The van der Waals surface area contributed by atoms with Gasteiger partial charge in [-0.2, -0.15) is 0 Å². The van der Waals surface area contributed by atoms with Gasteiger partial charge >= 0.3 is 0 Å². The molecule has 1 aromatic heterocycles. The monoisotopic (exact) mass is 353 g/mol. The van der Waals surface area contributed by atoms with Gasteiger partial charge in [-0.1, -0.05) is 30.3 Å². The van der Waals surface area contributed by atoms with Crippen molar-refractivity contribution in [2.24, 2.45) is 0 Å². The lowest BCUT2D eigenvalue weighted by molar-refractivity contribution is 0.102. The van der Waals surface area contributed by atoms with Crippen LogP contribution in [0.5, 0.6) is 0 Å². The summed E-state index contributed by atoms with van der Waals surface area (Å²) in [7, 11) is 0. The molecule has 2 N–H and O–H groups in total. The van der Waals surface area contributed by atoms with Crippen LogP contribution in [0.4, 0.5) is 20.3 Å². The van der Waals surface area contributed by atoms with Crippen LogP contribution in [0.2, 0.25) is 0 Å². The summed E-state index contributed by atoms with van der Waals surface area (Å²) in [6.45, 7) is 2.56. The molecular weight excluding hydrogens is 336 g/mol. The van der Waals surface area contributed by atoms with E-state index in [2.05, 4.69) is 15.6 Å². The number of hydrogen-bond donors (Lipinski definition) is 2. The van der Waals surface area contributed by atoms with E-state index in [1.165, 1.54) is 24.4 Å². The standard InChI is InChI=1S/C20H17F2N3O/c1-13-5-2-3-6-15(13)12-24-18-11-14(9-10-23-18)20(26)25-19-16(21)7-4-8-17(19)22/h2-11H,12H2,1H3,(H,23,24)(H,25,26). The Morgan fingerprint density at radius 3 is 2.50 bits per heavy atom. The molecule has 26 heavy (non-hydrogen) atoms. The number of anilines is 2. The van der Waals surface area contributed by atoms with Crippen LogP contribution in [0.25, 0.3) is 0 Å². The molecule has 132 valence electrons. The van der Waals surface area contributed by atoms with E-state index in [-0.39, 0.29) is 5.56 Å². The van der Waals surface area contributed by atoms with Crippen molar-refractivity contribution in [2.75, 3.05) is 10.6 Å². The molecule has 0 radical (unpaired) electrons. The second kappa shape index (κ2) is 7.74. The number of rotatable bonds is 5. The molecular formula is C20H17F2N3O. The fourth-order valence-corrected chi connectivity index (χ4v) is 2.47. The molecule has 0 unspecified atom stereocenters. The van der Waals surface area contributed by atoms with Gasteiger partial charge in [0, 0.05) is 18.3 Å². The van der Waals surface area contributed by atoms with Crippen molar-refractivity contribution in [1.82, 2.24) is 4.98 Å². The molecule has 0 saturated heterocycles. The number of carbonyl (C=O) groups is 1. The van der Waals surface area contributed by atoms with Crippen molar-refractivity contribution in [3.63, 3.8) is 0 Å². The van der Waals surface area contributed by atoms with Crippen molar-refractivity contribution in [3.8, 4) is 0 Å². The van der Waals surface area contributed by atoms with Gasteiger partial charge in [0.05, 0.1) is 0 Å². The number of benzene rings is 2. The smallest absolute Gasteiger partial charge is 0.256 e. The van der Waals surface area contributed by atoms with Crippen LogP contribution in [-0.4, -0.2) is 10.9 Å². The lowest BCUT2D eigenvalue weighted by Crippen LogP contribution is -2.15. The Kier molecular flexibility index (Phi) is 5.22. The third-order valence-electron chi connectivity index (χ3n) is 3.94. The molecule has 2 aromatic carbocycles. The minimum Gasteiger partial charge on any atom is -0.366 e. The molecule has 0 fully saturated rings. The molecule has 1 amide bonds. The van der Waals surface area contributed by atoms with Crippen LogP contribution >= 0.6 is 0 Å². The molecule has 0 spiro atoms. The molecule has 1 heterocycles. The van der Waals surface area contributed by atoms with Gasteiger partial charge in [0.1, 0.15) is 23.1 Å². The van der Waals surface area contributed by atoms with Gasteiger partial charge in [-0.15, -0.1) is 0 Å². The van der Waals surface area contributed by atoms with Crippen LogP contribution in [0, 0.1) is 18.6 Å². The van der Waals surface area contributed by atoms with Crippen LogP contribution in [0.1, 0.15) is 21.5 Å². The second-order valence-electron chi connectivity index (χ2n) is 5.76. The number of halogens is 2. The quantitative estimate of drug-likeness (QED) is 0.708. The van der Waals surface area contributed by atoms with Crippen LogP contribution in [-0.2, 0) is 6.54 Å². The summed E-state index contributed by atoms with van der Waals surface area (Å²) in [4.78, 5) is 16.5. The SMILES string of the molecule is Cc1ccccc1CNc1cc(C(=O)Nc2c(F)cccc2F)ccn1. The van der Waals surface area contributed by atoms with Gasteiger partial charge < -0.3 is 10.6 Å². The average Bonchev–Trinajstić information content (AvgIpc) is 2.64. The fourth-order valence-electron chi connectivity index (χ4n) is 2.47. The number of amides is 1. The lowest BCUT2D eigenvalue weighted by atomic mass is 10.1. The first-order valence-corrected chi connectivity index (χ1v) is 8.04. The van der Waals surface area contributed by atoms with Gasteiger partial charge in [-0.25, -0.2) is 13.8 Å². The highest BCUT2D eigenvalue weighted by Gasteiger charge is 2.14. The molecule has 0 atom stereocenters. The molecule has 3 rings (SSSR count). The Hall–Kier alpha value is -3.28. The van der Waals surface area contributed by atoms with E-state index >= 15 is 0 Å². The minimum absolute atomic E-state index is 0.245. The summed E-state index contributed by atoms with van der Waals surface area (Å²) in [6, 6.07) is 14.3. The third-order valence-corrected chi connectivity index (χ3v) is 3.94. The van der Waals surface area contributed by atoms with E-state index in [4.69, 9.17) is 0 Å². The van der Waals surface area contributed by atoms with Crippen LogP contribution in [0.3, 0.4) is 0 Å². The molecule has 3 aromatic rings. The summed E-state index contributed by atoms with van der Waals surface area (Å²) >= 11 is 0. The number of hydrogen-bond acceptors (Lipinski definition) is 3. The maximum Gasteiger partial charge on any atom is 0.256 e. The van der Waals surface area contributed by atoms with Crippen molar-refractivity contribution in [1.29, 1.82) is 0 Å². The summed E-state index contributed by atoms with van der Waals surface area (Å²) in [5.74, 6) is -1.78. The zero-order chi connectivity index (χ0) is 18.5. The number of aryl methyl sites for hydroxylation is 1. The Morgan fingerprint density at radius 1 is 1.04 bits per heavy atom. The maximum atomic E-state index is 13.7. The van der Waals surface area contributed by atoms with Crippen LogP contribution in [0.15, 0.2) is 60.8 Å². The highest BCUT2D eigenvalue weighted by Crippen LogP contribution is 2.19. The highest BCUT2D eigenvalue weighted by molar-refractivity contribution is 6.04. The Morgan fingerprint density at radius 2 is 1.77 bits per heavy atom. The van der Waals surface area contributed by atoms with E-state index < -0.39 is 23.2 Å². The molecule has 0 bridgehead atoms. The molecule has 0 saturated carbocycles. The number of pyridine rings is 1. The normalized spacial score (nSPS) is 10.4. The van der Waals surface area contributed by atoms with Crippen molar-refractivity contribution < 1.29 is 13.6 Å². The highest BCUT2D eigenvalue weighted by atomic mass is 19.1. The van der Waals surface area contributed by atoms with E-state index in [9.17, 15) is 13.6 Å². The Labute approximate surface area is 149 Å². The van der Waals surface area contributed by atoms with E-state index in [0.717, 1.165) is 23.3 Å². The van der Waals surface area contributed by atoms with Gasteiger partial charge in [0.2, 0.25) is 0 Å². The Balaban J connectivity index is 1.72. The van der Waals surface area contributed by atoms with Gasteiger partial charge in [-0.05, 0) is 42.3 Å². The predicted molar refractivity (Wildman–Crippen MR) is 97.1 cm³/mol. The minimum atomic E-state index is -0.828. The van der Waals surface area contributed by atoms with E-state index in [0.29, 0.717) is 12.4 Å². The maximum absolute atomic E-state index is 13.7. The molecule has 0 aliphatic heterocycles. The summed E-state index contributed by atoms with van der Waals surface area (Å²) in [5.41, 5.74) is 2.03. The summed E-state index contributed by atoms with van der Waals surface area (Å²) < 4.78 is 27.3. The molecule has 6 heteroatoms. The lowest BCUT2D eigenvalue weighted by Gasteiger charge is -2.10. The van der Waals surface area contributed by atoms with Crippen molar-refractivity contribution >= 4 is 17.4 Å². The third kappa shape index (κ3) is 4.03. The first-order chi connectivity index (χ1) is 12.5.